The molecular formula is C25H40FN3O3. The Morgan fingerprint density at radius 3 is 2.25 bits per heavy atom. The molecule has 7 heteroatoms. The van der Waals surface area contributed by atoms with Crippen LogP contribution in [0.4, 0.5) is 4.39 Å². The first-order valence-corrected chi connectivity index (χ1v) is 11.4. The molecule has 2 atom stereocenters. The summed E-state index contributed by atoms with van der Waals surface area (Å²) >= 11 is 0. The average Bonchev–Trinajstić information content (AvgIpc) is 3.41. The molecule has 2 heterocycles. The Bertz CT molecular complexity index is 733. The first-order chi connectivity index (χ1) is 15.2. The summed E-state index contributed by atoms with van der Waals surface area (Å²) in [7, 11) is 0. The fraction of sp³-hybridized carbons (Fsp3) is 0.560. The molecule has 0 spiro atoms. The molecule has 0 radical (unpaired) electrons. The number of carbonyl (C=O) groups is 2. The van der Waals surface area contributed by atoms with Gasteiger partial charge in [-0.2, -0.15) is 0 Å². The molecule has 1 N–H and O–H groups in total. The maximum Gasteiger partial charge on any atom is 0.223 e. The largest absolute Gasteiger partial charge is 0.365 e. The van der Waals surface area contributed by atoms with Crippen molar-refractivity contribution >= 4 is 12.3 Å². The van der Waals surface area contributed by atoms with Gasteiger partial charge in [0.25, 0.3) is 0 Å². The van der Waals surface area contributed by atoms with E-state index in [-0.39, 0.29) is 11.9 Å². The van der Waals surface area contributed by atoms with Gasteiger partial charge >= 0.3 is 0 Å². The van der Waals surface area contributed by atoms with E-state index in [1.54, 1.807) is 24.5 Å². The molecule has 32 heavy (non-hydrogen) atoms. The van der Waals surface area contributed by atoms with Crippen LogP contribution in [0.1, 0.15) is 78.1 Å². The van der Waals surface area contributed by atoms with Crippen LogP contribution >= 0.6 is 0 Å². The molecule has 2 unspecified atom stereocenters. The van der Waals surface area contributed by atoms with E-state index in [0.717, 1.165) is 17.8 Å². The lowest BCUT2D eigenvalue weighted by molar-refractivity contribution is -0.132. The minimum Gasteiger partial charge on any atom is -0.365 e. The van der Waals surface area contributed by atoms with Crippen LogP contribution in [-0.4, -0.2) is 35.0 Å². The molecule has 0 bridgehead atoms. The minimum absolute atomic E-state index is 0.0666. The second-order valence-electron chi connectivity index (χ2n) is 7.87. The number of aryl methyl sites for hydroxylation is 1. The zero-order chi connectivity index (χ0) is 24.5. The van der Waals surface area contributed by atoms with Gasteiger partial charge in [-0.25, -0.2) is 4.39 Å². The number of aromatic nitrogens is 1. The van der Waals surface area contributed by atoms with Crippen molar-refractivity contribution < 1.29 is 18.5 Å². The molecule has 2 aromatic rings. The van der Waals surface area contributed by atoms with Crippen LogP contribution in [0.5, 0.6) is 0 Å². The number of benzene rings is 1. The predicted octanol–water partition coefficient (Wildman–Crippen LogP) is 5.69. The van der Waals surface area contributed by atoms with E-state index in [1.165, 1.54) is 25.0 Å². The van der Waals surface area contributed by atoms with Crippen molar-refractivity contribution in [2.24, 2.45) is 5.92 Å². The molecule has 1 fully saturated rings. The first-order valence-electron chi connectivity index (χ1n) is 11.4. The zero-order valence-corrected chi connectivity index (χ0v) is 20.6. The maximum atomic E-state index is 12.4. The number of nitrogens with one attached hydrogen (secondary N) is 1. The third kappa shape index (κ3) is 12.2. The summed E-state index contributed by atoms with van der Waals surface area (Å²) in [5.74, 6) is 0.567. The topological polar surface area (TPSA) is 75.4 Å². The SMILES string of the molecule is CC.CC(C)CC(=O)N1CCCC1C.CC(NC=O)c1ccc(F)cc1.Cc1ccon1. The Hall–Kier alpha value is -2.70. The highest BCUT2D eigenvalue weighted by Gasteiger charge is 2.24. The number of hydrogen-bond donors (Lipinski definition) is 1. The highest BCUT2D eigenvalue weighted by molar-refractivity contribution is 5.76. The van der Waals surface area contributed by atoms with Crippen LogP contribution in [0.3, 0.4) is 0 Å². The summed E-state index contributed by atoms with van der Waals surface area (Å²) in [5.41, 5.74) is 1.82. The number of rotatable bonds is 5. The predicted molar refractivity (Wildman–Crippen MR) is 126 cm³/mol. The Labute approximate surface area is 192 Å². The second kappa shape index (κ2) is 16.9. The Morgan fingerprint density at radius 1 is 1.25 bits per heavy atom. The molecule has 180 valence electrons. The summed E-state index contributed by atoms with van der Waals surface area (Å²) in [6.45, 7) is 15.0. The van der Waals surface area contributed by atoms with E-state index in [4.69, 9.17) is 0 Å². The van der Waals surface area contributed by atoms with Crippen LogP contribution in [0, 0.1) is 18.7 Å². The quantitative estimate of drug-likeness (QED) is 0.596. The van der Waals surface area contributed by atoms with Gasteiger partial charge in [-0.1, -0.05) is 45.0 Å². The van der Waals surface area contributed by atoms with Gasteiger partial charge in [0.05, 0.1) is 11.7 Å². The molecule has 2 amide bonds. The number of nitrogens with zero attached hydrogens (tertiary/aromatic N) is 2. The van der Waals surface area contributed by atoms with Crippen LogP contribution in [0.25, 0.3) is 0 Å². The van der Waals surface area contributed by atoms with E-state index >= 15 is 0 Å². The van der Waals surface area contributed by atoms with Crippen LogP contribution in [0.15, 0.2) is 41.1 Å². The minimum atomic E-state index is -0.267. The standard InChI is InChI=1S/C10H19NO.C9H10FNO.C4H5NO.C2H6/c1-8(2)7-10(12)11-6-4-5-9(11)3;1-7(11-6-12)8-2-4-9(10)5-3-8;1-4-2-3-6-5-4;1-2/h8-9H,4-7H2,1-3H3;2-7H,1H3,(H,11,12);2-3H,1H3;1-2H3. The lowest BCUT2D eigenvalue weighted by Gasteiger charge is -2.22. The number of hydrogen-bond acceptors (Lipinski definition) is 4. The van der Waals surface area contributed by atoms with E-state index in [2.05, 4.69) is 35.8 Å². The fourth-order valence-corrected chi connectivity index (χ4v) is 2.99. The Morgan fingerprint density at radius 2 is 1.88 bits per heavy atom. The first kappa shape index (κ1) is 29.3. The van der Waals surface area contributed by atoms with Gasteiger partial charge in [0.15, 0.2) is 0 Å². The van der Waals surface area contributed by atoms with Gasteiger partial charge in [-0.05, 0) is 57.2 Å². The summed E-state index contributed by atoms with van der Waals surface area (Å²) in [6.07, 6.45) is 5.27. The van der Waals surface area contributed by atoms with Crippen LogP contribution < -0.4 is 5.32 Å². The molecule has 3 rings (SSSR count). The van der Waals surface area contributed by atoms with E-state index in [1.807, 2.05) is 32.6 Å². The average molecular weight is 450 g/mol. The van der Waals surface area contributed by atoms with Crippen molar-refractivity contribution in [1.82, 2.24) is 15.4 Å². The molecular weight excluding hydrogens is 409 g/mol. The van der Waals surface area contributed by atoms with Crippen molar-refractivity contribution in [1.29, 1.82) is 0 Å². The van der Waals surface area contributed by atoms with Crippen molar-refractivity contribution in [3.63, 3.8) is 0 Å². The van der Waals surface area contributed by atoms with E-state index in [9.17, 15) is 14.0 Å². The van der Waals surface area contributed by atoms with Gasteiger partial charge in [0, 0.05) is 25.1 Å². The summed E-state index contributed by atoms with van der Waals surface area (Å²) in [6, 6.07) is 8.27. The second-order valence-corrected chi connectivity index (χ2v) is 7.87. The monoisotopic (exact) mass is 449 g/mol. The number of likely N-dealkylation sites (tertiary alicyclic amines) is 1. The third-order valence-electron chi connectivity index (χ3n) is 4.71. The summed E-state index contributed by atoms with van der Waals surface area (Å²) in [5, 5.41) is 6.12. The molecule has 6 nitrogen and oxygen atoms in total. The highest BCUT2D eigenvalue weighted by Crippen LogP contribution is 2.18. The molecule has 0 aliphatic carbocycles. The van der Waals surface area contributed by atoms with Gasteiger partial charge in [-0.3, -0.25) is 9.59 Å². The van der Waals surface area contributed by atoms with Crippen molar-refractivity contribution in [3.05, 3.63) is 53.7 Å². The third-order valence-corrected chi connectivity index (χ3v) is 4.71. The van der Waals surface area contributed by atoms with Gasteiger partial charge < -0.3 is 14.7 Å². The number of carbonyl (C=O) groups excluding carboxylic acids is 2. The summed E-state index contributed by atoms with van der Waals surface area (Å²) < 4.78 is 16.9. The lowest BCUT2D eigenvalue weighted by Crippen LogP contribution is -2.34. The van der Waals surface area contributed by atoms with E-state index in [0.29, 0.717) is 30.7 Å². The van der Waals surface area contributed by atoms with Crippen LogP contribution in [-0.2, 0) is 9.59 Å². The molecule has 0 saturated carbocycles. The molecule has 1 aliphatic rings. The maximum absolute atomic E-state index is 12.4. The summed E-state index contributed by atoms with van der Waals surface area (Å²) in [4.78, 5) is 23.7. The van der Waals surface area contributed by atoms with Gasteiger partial charge in [0.1, 0.15) is 12.1 Å². The zero-order valence-electron chi connectivity index (χ0n) is 20.6. The van der Waals surface area contributed by atoms with Crippen molar-refractivity contribution in [2.75, 3.05) is 6.54 Å². The van der Waals surface area contributed by atoms with Gasteiger partial charge in [-0.15, -0.1) is 0 Å². The smallest absolute Gasteiger partial charge is 0.223 e. The van der Waals surface area contributed by atoms with E-state index < -0.39 is 0 Å². The number of amides is 2. The lowest BCUT2D eigenvalue weighted by atomic mass is 10.1. The van der Waals surface area contributed by atoms with Crippen molar-refractivity contribution in [2.45, 2.75) is 79.8 Å². The molecule has 1 aromatic heterocycles. The van der Waals surface area contributed by atoms with Gasteiger partial charge in [0.2, 0.25) is 12.3 Å². The fourth-order valence-electron chi connectivity index (χ4n) is 2.99. The Balaban J connectivity index is 0.000000454. The number of halogens is 1. The normalized spacial score (nSPS) is 15.3. The highest BCUT2D eigenvalue weighted by atomic mass is 19.1. The molecule has 1 aromatic carbocycles. The molecule has 1 aliphatic heterocycles. The van der Waals surface area contributed by atoms with Crippen molar-refractivity contribution in [3.8, 4) is 0 Å². The van der Waals surface area contributed by atoms with Crippen LogP contribution in [0.2, 0.25) is 0 Å². The molecule has 1 saturated heterocycles. The Kier molecular flexibility index (Phi) is 15.5.